The fourth-order valence-corrected chi connectivity index (χ4v) is 2.89. The van der Waals surface area contributed by atoms with Gasteiger partial charge < -0.3 is 0 Å². The molecular formula is C16H17ClN4. The number of aromatic nitrogens is 4. The normalized spacial score (nSPS) is 14.2. The lowest BCUT2D eigenvalue weighted by Crippen LogP contribution is -2.14. The molecule has 4 nitrogen and oxygen atoms in total. The van der Waals surface area contributed by atoms with Gasteiger partial charge in [-0.05, 0) is 11.5 Å². The fraction of sp³-hybridized carbons (Fsp3) is 0.312. The molecule has 0 radical (unpaired) electrons. The van der Waals surface area contributed by atoms with Crippen LogP contribution in [0.5, 0.6) is 0 Å². The number of benzene rings is 1. The summed E-state index contributed by atoms with van der Waals surface area (Å²) in [6.07, 6.45) is 4.36. The lowest BCUT2D eigenvalue weighted by Gasteiger charge is -2.22. The minimum atomic E-state index is 0.158. The highest BCUT2D eigenvalue weighted by Gasteiger charge is 2.26. The zero-order chi connectivity index (χ0) is 14.8. The van der Waals surface area contributed by atoms with E-state index in [1.807, 2.05) is 10.5 Å². The molecule has 2 heterocycles. The van der Waals surface area contributed by atoms with Crippen molar-refractivity contribution in [2.45, 2.75) is 26.2 Å². The van der Waals surface area contributed by atoms with Crippen LogP contribution in [0.4, 0.5) is 0 Å². The first-order valence-electron chi connectivity index (χ1n) is 7.11. The first kappa shape index (κ1) is 14.0. The SMILES string of the molecule is CCC(C)C(c1ccccc1)c1nnc2cncc(Cl)n12. The van der Waals surface area contributed by atoms with Gasteiger partial charge in [0.1, 0.15) is 11.0 Å². The third-order valence-electron chi connectivity index (χ3n) is 3.95. The molecule has 0 spiro atoms. The Bertz CT molecular complexity index is 738. The Kier molecular flexibility index (Phi) is 3.88. The number of nitrogens with zero attached hydrogens (tertiary/aromatic N) is 4. The van der Waals surface area contributed by atoms with Crippen molar-refractivity contribution in [1.29, 1.82) is 0 Å². The van der Waals surface area contributed by atoms with Crippen molar-refractivity contribution in [1.82, 2.24) is 19.6 Å². The molecule has 0 saturated heterocycles. The van der Waals surface area contributed by atoms with Crippen LogP contribution in [0.25, 0.3) is 5.65 Å². The Hall–Kier alpha value is -1.94. The minimum Gasteiger partial charge on any atom is -0.266 e. The van der Waals surface area contributed by atoms with E-state index in [1.54, 1.807) is 12.4 Å². The van der Waals surface area contributed by atoms with Crippen molar-refractivity contribution in [2.24, 2.45) is 5.92 Å². The molecule has 0 saturated carbocycles. The topological polar surface area (TPSA) is 43.1 Å². The molecule has 2 unspecified atom stereocenters. The van der Waals surface area contributed by atoms with Gasteiger partial charge in [-0.15, -0.1) is 10.2 Å². The van der Waals surface area contributed by atoms with Crippen molar-refractivity contribution in [3.05, 3.63) is 59.3 Å². The molecule has 108 valence electrons. The second kappa shape index (κ2) is 5.82. The summed E-state index contributed by atoms with van der Waals surface area (Å²) in [7, 11) is 0. The van der Waals surface area contributed by atoms with Gasteiger partial charge in [0.25, 0.3) is 0 Å². The van der Waals surface area contributed by atoms with Crippen molar-refractivity contribution in [3.8, 4) is 0 Å². The van der Waals surface area contributed by atoms with E-state index in [4.69, 9.17) is 11.6 Å². The second-order valence-corrected chi connectivity index (χ2v) is 5.64. The quantitative estimate of drug-likeness (QED) is 0.732. The fourth-order valence-electron chi connectivity index (χ4n) is 2.66. The van der Waals surface area contributed by atoms with Gasteiger partial charge in [-0.3, -0.25) is 9.38 Å². The summed E-state index contributed by atoms with van der Waals surface area (Å²) in [5.41, 5.74) is 1.91. The second-order valence-electron chi connectivity index (χ2n) is 5.26. The van der Waals surface area contributed by atoms with Gasteiger partial charge in [0, 0.05) is 5.92 Å². The molecule has 3 rings (SSSR count). The zero-order valence-electron chi connectivity index (χ0n) is 12.1. The molecule has 0 N–H and O–H groups in total. The Morgan fingerprint density at radius 1 is 1.14 bits per heavy atom. The standard InChI is InChI=1S/C16H17ClN4/c1-3-11(2)15(12-7-5-4-6-8-12)16-20-19-14-10-18-9-13(17)21(14)16/h4-11,15H,3H2,1-2H3. The highest BCUT2D eigenvalue weighted by molar-refractivity contribution is 6.29. The monoisotopic (exact) mass is 300 g/mol. The molecule has 0 aliphatic carbocycles. The van der Waals surface area contributed by atoms with Crippen LogP contribution in [0.3, 0.4) is 0 Å². The zero-order valence-corrected chi connectivity index (χ0v) is 12.8. The summed E-state index contributed by atoms with van der Waals surface area (Å²) < 4.78 is 1.89. The molecule has 5 heteroatoms. The van der Waals surface area contributed by atoms with Crippen molar-refractivity contribution in [3.63, 3.8) is 0 Å². The maximum atomic E-state index is 6.30. The van der Waals surface area contributed by atoms with Crippen LogP contribution in [-0.2, 0) is 0 Å². The van der Waals surface area contributed by atoms with Gasteiger partial charge in [-0.25, -0.2) is 0 Å². The van der Waals surface area contributed by atoms with Crippen molar-refractivity contribution >= 4 is 17.2 Å². The number of hydrogen-bond donors (Lipinski definition) is 0. The summed E-state index contributed by atoms with van der Waals surface area (Å²) in [6, 6.07) is 10.4. The summed E-state index contributed by atoms with van der Waals surface area (Å²) in [4.78, 5) is 4.07. The maximum absolute atomic E-state index is 6.30. The van der Waals surface area contributed by atoms with Gasteiger partial charge in [-0.1, -0.05) is 62.2 Å². The van der Waals surface area contributed by atoms with Gasteiger partial charge in [0.15, 0.2) is 5.65 Å². The summed E-state index contributed by atoms with van der Waals surface area (Å²) >= 11 is 6.30. The summed E-state index contributed by atoms with van der Waals surface area (Å²) in [5, 5.41) is 9.14. The highest BCUT2D eigenvalue weighted by atomic mass is 35.5. The van der Waals surface area contributed by atoms with Crippen LogP contribution in [0.2, 0.25) is 5.15 Å². The van der Waals surface area contributed by atoms with E-state index in [1.165, 1.54) is 5.56 Å². The first-order valence-corrected chi connectivity index (χ1v) is 7.49. The average Bonchev–Trinajstić information content (AvgIpc) is 2.94. The van der Waals surface area contributed by atoms with E-state index < -0.39 is 0 Å². The first-order chi connectivity index (χ1) is 10.2. The highest BCUT2D eigenvalue weighted by Crippen LogP contribution is 2.33. The summed E-state index contributed by atoms with van der Waals surface area (Å²) in [5.74, 6) is 1.47. The maximum Gasteiger partial charge on any atom is 0.180 e. The Balaban J connectivity index is 2.20. The van der Waals surface area contributed by atoms with Crippen LogP contribution >= 0.6 is 11.6 Å². The van der Waals surface area contributed by atoms with E-state index in [0.717, 1.165) is 12.2 Å². The predicted octanol–water partition coefficient (Wildman–Crippen LogP) is 3.96. The molecular weight excluding hydrogens is 284 g/mol. The van der Waals surface area contributed by atoms with Crippen LogP contribution < -0.4 is 0 Å². The molecule has 0 bridgehead atoms. The van der Waals surface area contributed by atoms with Gasteiger partial charge in [0.05, 0.1) is 12.4 Å². The van der Waals surface area contributed by atoms with Crippen LogP contribution in [0.1, 0.15) is 37.6 Å². The summed E-state index contributed by atoms with van der Waals surface area (Å²) in [6.45, 7) is 4.42. The van der Waals surface area contributed by atoms with Gasteiger partial charge in [0.2, 0.25) is 0 Å². The molecule has 0 aliphatic rings. The average molecular weight is 301 g/mol. The van der Waals surface area contributed by atoms with E-state index in [0.29, 0.717) is 16.7 Å². The van der Waals surface area contributed by atoms with Crippen molar-refractivity contribution in [2.75, 3.05) is 0 Å². The third-order valence-corrected chi connectivity index (χ3v) is 4.21. The van der Waals surface area contributed by atoms with Crippen LogP contribution in [0.15, 0.2) is 42.7 Å². The predicted molar refractivity (Wildman–Crippen MR) is 83.5 cm³/mol. The number of fused-ring (bicyclic) bond motifs is 1. The van der Waals surface area contributed by atoms with Crippen molar-refractivity contribution < 1.29 is 0 Å². The molecule has 21 heavy (non-hydrogen) atoms. The van der Waals surface area contributed by atoms with Gasteiger partial charge in [-0.2, -0.15) is 0 Å². The van der Waals surface area contributed by atoms with E-state index in [-0.39, 0.29) is 5.92 Å². The molecule has 0 amide bonds. The molecule has 2 aromatic heterocycles. The Morgan fingerprint density at radius 3 is 2.62 bits per heavy atom. The Morgan fingerprint density at radius 2 is 1.90 bits per heavy atom. The molecule has 1 aromatic carbocycles. The van der Waals surface area contributed by atoms with E-state index >= 15 is 0 Å². The molecule has 3 aromatic rings. The smallest absolute Gasteiger partial charge is 0.180 e. The third kappa shape index (κ3) is 2.51. The number of halogens is 1. The molecule has 0 fully saturated rings. The van der Waals surface area contributed by atoms with Crippen LogP contribution in [0, 0.1) is 5.92 Å². The van der Waals surface area contributed by atoms with Crippen LogP contribution in [-0.4, -0.2) is 19.6 Å². The Labute approximate surface area is 128 Å². The van der Waals surface area contributed by atoms with E-state index in [9.17, 15) is 0 Å². The lowest BCUT2D eigenvalue weighted by atomic mass is 9.85. The number of rotatable bonds is 4. The molecule has 0 aliphatic heterocycles. The minimum absolute atomic E-state index is 0.158. The van der Waals surface area contributed by atoms with Gasteiger partial charge >= 0.3 is 0 Å². The van der Waals surface area contributed by atoms with E-state index in [2.05, 4.69) is 53.3 Å². The number of hydrogen-bond acceptors (Lipinski definition) is 3. The largest absolute Gasteiger partial charge is 0.266 e. The lowest BCUT2D eigenvalue weighted by molar-refractivity contribution is 0.475. The molecule has 2 atom stereocenters.